The molecule has 112 valence electrons. The second-order valence-electron chi connectivity index (χ2n) is 5.75. The van der Waals surface area contributed by atoms with Crippen molar-refractivity contribution in [3.05, 3.63) is 22.4 Å². The van der Waals surface area contributed by atoms with Gasteiger partial charge < -0.3 is 10.6 Å². The van der Waals surface area contributed by atoms with Gasteiger partial charge in [-0.1, -0.05) is 6.07 Å². The van der Waals surface area contributed by atoms with Gasteiger partial charge in [-0.3, -0.25) is 9.69 Å². The zero-order chi connectivity index (χ0) is 14.5. The summed E-state index contributed by atoms with van der Waals surface area (Å²) in [6.45, 7) is 4.53. The van der Waals surface area contributed by atoms with Crippen molar-refractivity contribution in [1.29, 1.82) is 0 Å². The number of nitrogens with two attached hydrogens (primary N) is 1. The van der Waals surface area contributed by atoms with E-state index in [9.17, 15) is 4.79 Å². The highest BCUT2D eigenvalue weighted by Gasteiger charge is 2.22. The minimum atomic E-state index is 0.213. The van der Waals surface area contributed by atoms with Crippen LogP contribution in [0.1, 0.15) is 24.6 Å². The standard InChI is InChI=1S/C15H25N3OS/c1-12(10-14-4-3-9-20-14)17(2)15(19)11-18-7-5-13(16)6-8-18/h3-4,9,12-13H,5-8,10-11,16H2,1-2H3. The molecule has 2 rings (SSSR count). The fourth-order valence-corrected chi connectivity index (χ4v) is 3.34. The third-order valence-electron chi connectivity index (χ3n) is 4.12. The van der Waals surface area contributed by atoms with E-state index in [1.54, 1.807) is 11.3 Å². The minimum Gasteiger partial charge on any atom is -0.342 e. The van der Waals surface area contributed by atoms with Crippen LogP contribution in [0.4, 0.5) is 0 Å². The van der Waals surface area contributed by atoms with Gasteiger partial charge in [0.05, 0.1) is 6.54 Å². The first kappa shape index (κ1) is 15.5. The van der Waals surface area contributed by atoms with Gasteiger partial charge in [-0.05, 0) is 31.2 Å². The molecule has 1 aromatic heterocycles. The molecule has 4 nitrogen and oxygen atoms in total. The van der Waals surface area contributed by atoms with Gasteiger partial charge in [-0.2, -0.15) is 0 Å². The quantitative estimate of drug-likeness (QED) is 0.897. The fraction of sp³-hybridized carbons (Fsp3) is 0.667. The molecule has 1 atom stereocenters. The van der Waals surface area contributed by atoms with E-state index in [4.69, 9.17) is 5.73 Å². The fourth-order valence-electron chi connectivity index (χ4n) is 2.52. The van der Waals surface area contributed by atoms with Crippen LogP contribution in [0.5, 0.6) is 0 Å². The molecule has 2 N–H and O–H groups in total. The molecule has 0 radical (unpaired) electrons. The van der Waals surface area contributed by atoms with Gasteiger partial charge in [0.1, 0.15) is 0 Å². The third kappa shape index (κ3) is 4.30. The number of likely N-dealkylation sites (tertiary alicyclic amines) is 1. The van der Waals surface area contributed by atoms with Gasteiger partial charge >= 0.3 is 0 Å². The molecule has 0 aromatic carbocycles. The second kappa shape index (κ2) is 7.20. The predicted molar refractivity (Wildman–Crippen MR) is 83.9 cm³/mol. The van der Waals surface area contributed by atoms with E-state index >= 15 is 0 Å². The molecule has 0 saturated carbocycles. The monoisotopic (exact) mass is 295 g/mol. The number of hydrogen-bond donors (Lipinski definition) is 1. The minimum absolute atomic E-state index is 0.213. The Kier molecular flexibility index (Phi) is 5.57. The number of thiophene rings is 1. The molecule has 0 spiro atoms. The first-order valence-corrected chi connectivity index (χ1v) is 8.20. The highest BCUT2D eigenvalue weighted by Crippen LogP contribution is 2.14. The van der Waals surface area contributed by atoms with Gasteiger partial charge in [-0.25, -0.2) is 0 Å². The Hall–Kier alpha value is -0.910. The SMILES string of the molecule is CC(Cc1cccs1)N(C)C(=O)CN1CCC(N)CC1. The highest BCUT2D eigenvalue weighted by molar-refractivity contribution is 7.09. The van der Waals surface area contributed by atoms with Gasteiger partial charge in [0.2, 0.25) is 5.91 Å². The maximum absolute atomic E-state index is 12.3. The molecule has 1 amide bonds. The molecule has 20 heavy (non-hydrogen) atoms. The van der Waals surface area contributed by atoms with Gasteiger partial charge in [0.25, 0.3) is 0 Å². The number of amides is 1. The Bertz CT molecular complexity index is 413. The number of nitrogens with zero attached hydrogens (tertiary/aromatic N) is 2. The normalized spacial score (nSPS) is 18.9. The smallest absolute Gasteiger partial charge is 0.236 e. The summed E-state index contributed by atoms with van der Waals surface area (Å²) in [6.07, 6.45) is 2.94. The topological polar surface area (TPSA) is 49.6 Å². The van der Waals surface area contributed by atoms with Crippen LogP contribution in [-0.2, 0) is 11.2 Å². The number of rotatable bonds is 5. The Balaban J connectivity index is 1.79. The summed E-state index contributed by atoms with van der Waals surface area (Å²) < 4.78 is 0. The molecule has 5 heteroatoms. The van der Waals surface area contributed by atoms with Crippen LogP contribution in [0, 0.1) is 0 Å². The van der Waals surface area contributed by atoms with Crippen molar-refractivity contribution in [1.82, 2.24) is 9.80 Å². The maximum Gasteiger partial charge on any atom is 0.236 e. The van der Waals surface area contributed by atoms with Crippen LogP contribution < -0.4 is 5.73 Å². The molecule has 0 aliphatic carbocycles. The lowest BCUT2D eigenvalue weighted by Gasteiger charge is -2.32. The molecule has 0 bridgehead atoms. The summed E-state index contributed by atoms with van der Waals surface area (Å²) in [5, 5.41) is 2.08. The number of carbonyl (C=O) groups excluding carboxylic acids is 1. The maximum atomic E-state index is 12.3. The van der Waals surface area contributed by atoms with E-state index in [0.29, 0.717) is 12.6 Å². The Labute approximate surface area is 125 Å². The molecule has 1 aliphatic heterocycles. The van der Waals surface area contributed by atoms with Crippen molar-refractivity contribution >= 4 is 17.2 Å². The van der Waals surface area contributed by atoms with E-state index < -0.39 is 0 Å². The summed E-state index contributed by atoms with van der Waals surface area (Å²) in [5.74, 6) is 0.213. The van der Waals surface area contributed by atoms with Gasteiger partial charge in [-0.15, -0.1) is 11.3 Å². The largest absolute Gasteiger partial charge is 0.342 e. The van der Waals surface area contributed by atoms with Crippen LogP contribution in [0.25, 0.3) is 0 Å². The Morgan fingerprint density at radius 1 is 1.55 bits per heavy atom. The van der Waals surface area contributed by atoms with E-state index in [-0.39, 0.29) is 11.9 Å². The zero-order valence-electron chi connectivity index (χ0n) is 12.4. The summed E-state index contributed by atoms with van der Waals surface area (Å²) in [7, 11) is 1.91. The summed E-state index contributed by atoms with van der Waals surface area (Å²) in [5.41, 5.74) is 5.89. The number of piperidine rings is 1. The van der Waals surface area contributed by atoms with Crippen molar-refractivity contribution in [2.75, 3.05) is 26.7 Å². The van der Waals surface area contributed by atoms with Crippen molar-refractivity contribution in [2.24, 2.45) is 5.73 Å². The van der Waals surface area contributed by atoms with Crippen molar-refractivity contribution in [3.63, 3.8) is 0 Å². The summed E-state index contributed by atoms with van der Waals surface area (Å²) in [6, 6.07) is 4.75. The molecular weight excluding hydrogens is 270 g/mol. The number of carbonyl (C=O) groups is 1. The van der Waals surface area contributed by atoms with E-state index in [1.807, 2.05) is 11.9 Å². The van der Waals surface area contributed by atoms with E-state index in [1.165, 1.54) is 4.88 Å². The lowest BCUT2D eigenvalue weighted by Crippen LogP contribution is -2.47. The molecular formula is C15H25N3OS. The van der Waals surface area contributed by atoms with Crippen LogP contribution >= 0.6 is 11.3 Å². The van der Waals surface area contributed by atoms with Crippen molar-refractivity contribution < 1.29 is 4.79 Å². The predicted octanol–water partition coefficient (Wildman–Crippen LogP) is 1.56. The highest BCUT2D eigenvalue weighted by atomic mass is 32.1. The van der Waals surface area contributed by atoms with Crippen LogP contribution in [0.2, 0.25) is 0 Å². The average molecular weight is 295 g/mol. The summed E-state index contributed by atoms with van der Waals surface area (Å²) >= 11 is 1.75. The average Bonchev–Trinajstić information content (AvgIpc) is 2.93. The van der Waals surface area contributed by atoms with Crippen LogP contribution in [0.3, 0.4) is 0 Å². The van der Waals surface area contributed by atoms with Gasteiger partial charge in [0, 0.05) is 43.5 Å². The Morgan fingerprint density at radius 3 is 2.85 bits per heavy atom. The first-order valence-electron chi connectivity index (χ1n) is 7.32. The lowest BCUT2D eigenvalue weighted by atomic mass is 10.1. The Morgan fingerprint density at radius 2 is 2.25 bits per heavy atom. The van der Waals surface area contributed by atoms with Crippen molar-refractivity contribution in [3.8, 4) is 0 Å². The molecule has 1 aromatic rings. The summed E-state index contributed by atoms with van der Waals surface area (Å²) in [4.78, 5) is 17.8. The third-order valence-corrected chi connectivity index (χ3v) is 5.02. The molecule has 1 saturated heterocycles. The van der Waals surface area contributed by atoms with Gasteiger partial charge in [0.15, 0.2) is 0 Å². The van der Waals surface area contributed by atoms with Crippen LogP contribution in [-0.4, -0.2) is 54.5 Å². The molecule has 2 heterocycles. The van der Waals surface area contributed by atoms with E-state index in [2.05, 4.69) is 29.3 Å². The van der Waals surface area contributed by atoms with E-state index in [0.717, 1.165) is 32.4 Å². The number of hydrogen-bond acceptors (Lipinski definition) is 4. The lowest BCUT2D eigenvalue weighted by molar-refractivity contribution is -0.133. The molecule has 1 aliphatic rings. The number of likely N-dealkylation sites (N-methyl/N-ethyl adjacent to an activating group) is 1. The second-order valence-corrected chi connectivity index (χ2v) is 6.78. The zero-order valence-corrected chi connectivity index (χ0v) is 13.2. The first-order chi connectivity index (χ1) is 9.56. The molecule has 1 fully saturated rings. The molecule has 1 unspecified atom stereocenters. The van der Waals surface area contributed by atoms with Crippen LogP contribution in [0.15, 0.2) is 17.5 Å². The van der Waals surface area contributed by atoms with Crippen molar-refractivity contribution in [2.45, 2.75) is 38.3 Å².